The van der Waals surface area contributed by atoms with Crippen molar-refractivity contribution in [2.75, 3.05) is 11.9 Å². The highest BCUT2D eigenvalue weighted by molar-refractivity contribution is 5.25. The quantitative estimate of drug-likeness (QED) is 0.683. The molecule has 0 amide bonds. The topological polar surface area (TPSA) is 29.9 Å². The smallest absolute Gasteiger partial charge is 0.202 e. The van der Waals surface area contributed by atoms with Crippen LogP contribution in [0.5, 0.6) is 0 Å². The lowest BCUT2D eigenvalue weighted by Gasteiger charge is -2.11. The van der Waals surface area contributed by atoms with E-state index in [1.54, 1.807) is 0 Å². The van der Waals surface area contributed by atoms with Gasteiger partial charge in [0.15, 0.2) is 0 Å². The van der Waals surface area contributed by atoms with Gasteiger partial charge >= 0.3 is 0 Å². The summed E-state index contributed by atoms with van der Waals surface area (Å²) in [4.78, 5) is 4.34. The van der Waals surface area contributed by atoms with Crippen molar-refractivity contribution in [3.05, 3.63) is 12.4 Å². The molecular formula is C13H25N3. The van der Waals surface area contributed by atoms with Crippen molar-refractivity contribution in [2.24, 2.45) is 5.92 Å². The summed E-state index contributed by atoms with van der Waals surface area (Å²) in [7, 11) is 0. The normalized spacial score (nSPS) is 11.0. The fraction of sp³-hybridized carbons (Fsp3) is 0.769. The lowest BCUT2D eigenvalue weighted by molar-refractivity contribution is 0.525. The van der Waals surface area contributed by atoms with Crippen molar-refractivity contribution in [3.63, 3.8) is 0 Å². The molecule has 0 atom stereocenters. The number of imidazole rings is 1. The molecule has 1 N–H and O–H groups in total. The van der Waals surface area contributed by atoms with Crippen molar-refractivity contribution in [1.29, 1.82) is 0 Å². The molecule has 0 radical (unpaired) electrons. The molecule has 1 heterocycles. The van der Waals surface area contributed by atoms with Gasteiger partial charge in [-0.25, -0.2) is 4.98 Å². The van der Waals surface area contributed by atoms with Gasteiger partial charge in [-0.1, -0.05) is 40.0 Å². The maximum Gasteiger partial charge on any atom is 0.202 e. The molecular weight excluding hydrogens is 198 g/mol. The van der Waals surface area contributed by atoms with Gasteiger partial charge in [0.1, 0.15) is 0 Å². The summed E-state index contributed by atoms with van der Waals surface area (Å²) in [6.07, 6.45) is 9.10. The summed E-state index contributed by atoms with van der Waals surface area (Å²) >= 11 is 0. The van der Waals surface area contributed by atoms with E-state index in [2.05, 4.69) is 35.6 Å². The predicted octanol–water partition coefficient (Wildman–Crippen LogP) is 3.53. The average Bonchev–Trinajstić information content (AvgIpc) is 2.64. The van der Waals surface area contributed by atoms with Gasteiger partial charge in [0, 0.05) is 25.5 Å². The van der Waals surface area contributed by atoms with Gasteiger partial charge < -0.3 is 9.88 Å². The Labute approximate surface area is 99.3 Å². The molecule has 0 bridgehead atoms. The highest BCUT2D eigenvalue weighted by Crippen LogP contribution is 2.08. The van der Waals surface area contributed by atoms with Crippen LogP contribution >= 0.6 is 0 Å². The number of rotatable bonds is 8. The van der Waals surface area contributed by atoms with Gasteiger partial charge in [-0.05, 0) is 12.3 Å². The summed E-state index contributed by atoms with van der Waals surface area (Å²) in [5.41, 5.74) is 0. The third kappa shape index (κ3) is 4.69. The van der Waals surface area contributed by atoms with Gasteiger partial charge in [-0.2, -0.15) is 0 Å². The maximum atomic E-state index is 4.34. The molecule has 0 aliphatic carbocycles. The molecule has 0 aromatic carbocycles. The zero-order valence-corrected chi connectivity index (χ0v) is 10.9. The third-order valence-electron chi connectivity index (χ3n) is 2.59. The number of nitrogens with zero attached hydrogens (tertiary/aromatic N) is 2. The van der Waals surface area contributed by atoms with E-state index in [0.29, 0.717) is 5.92 Å². The van der Waals surface area contributed by atoms with Crippen molar-refractivity contribution in [1.82, 2.24) is 9.55 Å². The SMILES string of the molecule is CCCCCCNc1nccn1CC(C)C. The minimum absolute atomic E-state index is 0.662. The Bertz CT molecular complexity index is 278. The minimum Gasteiger partial charge on any atom is -0.356 e. The second-order valence-electron chi connectivity index (χ2n) is 4.78. The van der Waals surface area contributed by atoms with Crippen LogP contribution in [0, 0.1) is 5.92 Å². The van der Waals surface area contributed by atoms with Gasteiger partial charge in [-0.15, -0.1) is 0 Å². The average molecular weight is 223 g/mol. The van der Waals surface area contributed by atoms with Crippen LogP contribution in [-0.4, -0.2) is 16.1 Å². The van der Waals surface area contributed by atoms with E-state index in [0.717, 1.165) is 19.0 Å². The van der Waals surface area contributed by atoms with E-state index in [-0.39, 0.29) is 0 Å². The van der Waals surface area contributed by atoms with Crippen LogP contribution in [0.3, 0.4) is 0 Å². The van der Waals surface area contributed by atoms with Crippen molar-refractivity contribution < 1.29 is 0 Å². The van der Waals surface area contributed by atoms with E-state index in [1.165, 1.54) is 25.7 Å². The first-order valence-electron chi connectivity index (χ1n) is 6.49. The molecule has 0 fully saturated rings. The summed E-state index contributed by atoms with van der Waals surface area (Å²) in [5, 5.41) is 3.41. The number of aromatic nitrogens is 2. The first-order valence-corrected chi connectivity index (χ1v) is 6.49. The summed E-state index contributed by atoms with van der Waals surface area (Å²) in [5.74, 6) is 1.68. The molecule has 0 saturated carbocycles. The van der Waals surface area contributed by atoms with E-state index < -0.39 is 0 Å². The van der Waals surface area contributed by atoms with Crippen molar-refractivity contribution in [2.45, 2.75) is 53.0 Å². The fourth-order valence-corrected chi connectivity index (χ4v) is 1.77. The first kappa shape index (κ1) is 13.1. The van der Waals surface area contributed by atoms with Crippen LogP contribution in [-0.2, 0) is 6.54 Å². The largest absolute Gasteiger partial charge is 0.356 e. The number of nitrogens with one attached hydrogen (secondary N) is 1. The second-order valence-corrected chi connectivity index (χ2v) is 4.78. The third-order valence-corrected chi connectivity index (χ3v) is 2.59. The Hall–Kier alpha value is -0.990. The predicted molar refractivity (Wildman–Crippen MR) is 69.7 cm³/mol. The lowest BCUT2D eigenvalue weighted by Crippen LogP contribution is -2.11. The Morgan fingerprint density at radius 2 is 2.12 bits per heavy atom. The van der Waals surface area contributed by atoms with Crippen LogP contribution in [0.15, 0.2) is 12.4 Å². The Morgan fingerprint density at radius 3 is 2.81 bits per heavy atom. The number of hydrogen-bond donors (Lipinski definition) is 1. The zero-order chi connectivity index (χ0) is 11.8. The van der Waals surface area contributed by atoms with Crippen molar-refractivity contribution in [3.8, 4) is 0 Å². The number of hydrogen-bond acceptors (Lipinski definition) is 2. The fourth-order valence-electron chi connectivity index (χ4n) is 1.77. The Morgan fingerprint density at radius 1 is 1.31 bits per heavy atom. The minimum atomic E-state index is 0.662. The van der Waals surface area contributed by atoms with Gasteiger partial charge in [-0.3, -0.25) is 0 Å². The molecule has 0 spiro atoms. The molecule has 0 unspecified atom stereocenters. The highest BCUT2D eigenvalue weighted by atomic mass is 15.2. The van der Waals surface area contributed by atoms with Gasteiger partial charge in [0.2, 0.25) is 5.95 Å². The van der Waals surface area contributed by atoms with Crippen LogP contribution in [0.2, 0.25) is 0 Å². The Kier molecular flexibility index (Phi) is 5.98. The van der Waals surface area contributed by atoms with Crippen LogP contribution in [0.1, 0.15) is 46.5 Å². The number of unbranched alkanes of at least 4 members (excludes halogenated alkanes) is 3. The summed E-state index contributed by atoms with van der Waals surface area (Å²) < 4.78 is 2.20. The molecule has 3 heteroatoms. The first-order chi connectivity index (χ1) is 7.74. The van der Waals surface area contributed by atoms with Crippen LogP contribution < -0.4 is 5.32 Å². The molecule has 16 heavy (non-hydrogen) atoms. The lowest BCUT2D eigenvalue weighted by atomic mass is 10.2. The zero-order valence-electron chi connectivity index (χ0n) is 10.9. The van der Waals surface area contributed by atoms with E-state index in [4.69, 9.17) is 0 Å². The molecule has 1 rings (SSSR count). The van der Waals surface area contributed by atoms with Crippen LogP contribution in [0.25, 0.3) is 0 Å². The van der Waals surface area contributed by atoms with Crippen LogP contribution in [0.4, 0.5) is 5.95 Å². The summed E-state index contributed by atoms with van der Waals surface area (Å²) in [6, 6.07) is 0. The maximum absolute atomic E-state index is 4.34. The highest BCUT2D eigenvalue weighted by Gasteiger charge is 2.03. The molecule has 3 nitrogen and oxygen atoms in total. The van der Waals surface area contributed by atoms with E-state index in [1.807, 2.05) is 12.4 Å². The molecule has 0 aliphatic rings. The molecule has 1 aromatic heterocycles. The van der Waals surface area contributed by atoms with E-state index in [9.17, 15) is 0 Å². The second kappa shape index (κ2) is 7.31. The molecule has 0 saturated heterocycles. The monoisotopic (exact) mass is 223 g/mol. The van der Waals surface area contributed by atoms with Gasteiger partial charge in [0.25, 0.3) is 0 Å². The molecule has 0 aliphatic heterocycles. The molecule has 1 aromatic rings. The van der Waals surface area contributed by atoms with Gasteiger partial charge in [0.05, 0.1) is 0 Å². The summed E-state index contributed by atoms with van der Waals surface area (Å²) in [6.45, 7) is 8.77. The molecule has 92 valence electrons. The number of anilines is 1. The van der Waals surface area contributed by atoms with E-state index >= 15 is 0 Å². The standard InChI is InChI=1S/C13H25N3/c1-4-5-6-7-8-14-13-15-9-10-16(13)11-12(2)3/h9-10,12H,4-8,11H2,1-3H3,(H,14,15). The Balaban J connectivity index is 2.27. The van der Waals surface area contributed by atoms with Crippen molar-refractivity contribution >= 4 is 5.95 Å².